The monoisotopic (exact) mass is 454 g/mol. The first kappa shape index (κ1) is 24.9. The van der Waals surface area contributed by atoms with Gasteiger partial charge < -0.3 is 9.84 Å². The van der Waals surface area contributed by atoms with Gasteiger partial charge in [-0.05, 0) is 65.8 Å². The molecule has 0 spiro atoms. The zero-order chi connectivity index (χ0) is 22.8. The maximum absolute atomic E-state index is 11.8. The predicted octanol–water partition coefficient (Wildman–Crippen LogP) is 7.75. The smallest absolute Gasteiger partial charge is 0.336 e. The Morgan fingerprint density at radius 2 is 1.91 bits per heavy atom. The van der Waals surface area contributed by atoms with Crippen molar-refractivity contribution in [3.63, 3.8) is 0 Å². The fourth-order valence-electron chi connectivity index (χ4n) is 4.62. The van der Waals surface area contributed by atoms with E-state index in [0.717, 1.165) is 40.3 Å². The lowest BCUT2D eigenvalue weighted by atomic mass is 9.85. The minimum absolute atomic E-state index is 0.265. The Labute approximate surface area is 198 Å². The van der Waals surface area contributed by atoms with Crippen LogP contribution in [0.5, 0.6) is 0 Å². The van der Waals surface area contributed by atoms with Crippen LogP contribution >= 0.6 is 11.8 Å². The van der Waals surface area contributed by atoms with Crippen LogP contribution in [0.3, 0.4) is 0 Å². The Bertz CT molecular complexity index is 858. The van der Waals surface area contributed by atoms with E-state index in [-0.39, 0.29) is 6.10 Å². The van der Waals surface area contributed by atoms with E-state index in [1.165, 1.54) is 50.7 Å². The second kappa shape index (κ2) is 13.1. The molecule has 0 radical (unpaired) electrons. The minimum Gasteiger partial charge on any atom is -0.478 e. The molecule has 0 aromatic heterocycles. The van der Waals surface area contributed by atoms with E-state index >= 15 is 0 Å². The molecule has 1 aliphatic carbocycles. The van der Waals surface area contributed by atoms with Crippen molar-refractivity contribution in [1.82, 2.24) is 0 Å². The lowest BCUT2D eigenvalue weighted by Crippen LogP contribution is -2.22. The molecule has 2 aromatic rings. The summed E-state index contributed by atoms with van der Waals surface area (Å²) < 4.78 is 6.46. The number of carbonyl (C=O) groups is 1. The summed E-state index contributed by atoms with van der Waals surface area (Å²) in [6.07, 6.45) is 10.7. The molecular formula is C28H38O3S. The molecule has 1 N–H and O–H groups in total. The van der Waals surface area contributed by atoms with E-state index in [4.69, 9.17) is 4.74 Å². The van der Waals surface area contributed by atoms with Gasteiger partial charge in [0.05, 0.1) is 18.3 Å². The van der Waals surface area contributed by atoms with Gasteiger partial charge in [-0.3, -0.25) is 0 Å². The molecule has 3 rings (SSSR count). The third kappa shape index (κ3) is 7.38. The van der Waals surface area contributed by atoms with Gasteiger partial charge in [-0.2, -0.15) is 11.8 Å². The normalized spacial score (nSPS) is 15.6. The third-order valence-electron chi connectivity index (χ3n) is 6.50. The van der Waals surface area contributed by atoms with E-state index in [0.29, 0.717) is 12.2 Å². The number of carboxylic acids is 1. The van der Waals surface area contributed by atoms with Crippen LogP contribution in [0.1, 0.15) is 79.8 Å². The topological polar surface area (TPSA) is 46.5 Å². The number of hydrogen-bond acceptors (Lipinski definition) is 3. The summed E-state index contributed by atoms with van der Waals surface area (Å²) in [4.78, 5) is 11.8. The Kier molecular flexibility index (Phi) is 10.1. The number of aryl methyl sites for hydroxylation is 1. The molecule has 0 aliphatic heterocycles. The van der Waals surface area contributed by atoms with Gasteiger partial charge in [-0.25, -0.2) is 4.79 Å². The SMILES string of the molecule is CCCCSC[C@H](CC1CCCCC1)OCc1ccc(C(=O)O)c(-c2ccccc2C)c1. The average Bonchev–Trinajstić information content (AvgIpc) is 2.81. The van der Waals surface area contributed by atoms with Crippen LogP contribution in [0.4, 0.5) is 0 Å². The van der Waals surface area contributed by atoms with Crippen LogP contribution in [0.15, 0.2) is 42.5 Å². The summed E-state index contributed by atoms with van der Waals surface area (Å²) in [7, 11) is 0. The summed E-state index contributed by atoms with van der Waals surface area (Å²) in [5.41, 5.74) is 4.21. The highest BCUT2D eigenvalue weighted by Crippen LogP contribution is 2.31. The first-order valence-corrected chi connectivity index (χ1v) is 13.4. The molecule has 1 atom stereocenters. The number of aromatic carboxylic acids is 1. The van der Waals surface area contributed by atoms with Crippen molar-refractivity contribution in [2.75, 3.05) is 11.5 Å². The summed E-state index contributed by atoms with van der Waals surface area (Å²) in [6, 6.07) is 13.6. The number of hydrogen-bond donors (Lipinski definition) is 1. The van der Waals surface area contributed by atoms with Crippen molar-refractivity contribution in [2.24, 2.45) is 5.92 Å². The van der Waals surface area contributed by atoms with E-state index < -0.39 is 5.97 Å². The lowest BCUT2D eigenvalue weighted by molar-refractivity contribution is 0.0355. The van der Waals surface area contributed by atoms with Gasteiger partial charge in [0.2, 0.25) is 0 Å². The molecule has 4 heteroatoms. The van der Waals surface area contributed by atoms with Crippen molar-refractivity contribution in [3.05, 3.63) is 59.2 Å². The minimum atomic E-state index is -0.891. The lowest BCUT2D eigenvalue weighted by Gasteiger charge is -2.27. The number of thioether (sulfide) groups is 1. The second-order valence-corrected chi connectivity index (χ2v) is 10.3. The molecule has 0 saturated heterocycles. The zero-order valence-corrected chi connectivity index (χ0v) is 20.5. The van der Waals surface area contributed by atoms with Crippen molar-refractivity contribution in [2.45, 2.75) is 77.9 Å². The van der Waals surface area contributed by atoms with Crippen LogP contribution < -0.4 is 0 Å². The standard InChI is InChI=1S/C28H38O3S/c1-3-4-16-32-20-24(17-22-11-6-5-7-12-22)31-19-23-14-15-26(28(29)30)27(18-23)25-13-9-8-10-21(25)2/h8-10,13-15,18,22,24H,3-7,11-12,16-17,19-20H2,1-2H3,(H,29,30)/t24-/m0/s1. The van der Waals surface area contributed by atoms with Crippen molar-refractivity contribution in [1.29, 1.82) is 0 Å². The molecule has 3 nitrogen and oxygen atoms in total. The van der Waals surface area contributed by atoms with Gasteiger partial charge in [-0.15, -0.1) is 0 Å². The van der Waals surface area contributed by atoms with Crippen LogP contribution in [0.2, 0.25) is 0 Å². The van der Waals surface area contributed by atoms with Crippen molar-refractivity contribution < 1.29 is 14.6 Å². The highest BCUT2D eigenvalue weighted by Gasteiger charge is 2.20. The Hall–Kier alpha value is -1.78. The van der Waals surface area contributed by atoms with Gasteiger partial charge in [0.25, 0.3) is 0 Å². The first-order valence-electron chi connectivity index (χ1n) is 12.2. The third-order valence-corrected chi connectivity index (χ3v) is 7.69. The second-order valence-electron chi connectivity index (χ2n) is 9.10. The maximum atomic E-state index is 11.8. The molecular weight excluding hydrogens is 416 g/mol. The molecule has 2 aromatic carbocycles. The molecule has 1 aliphatic rings. The quantitative estimate of drug-likeness (QED) is 0.333. The number of unbranched alkanes of at least 4 members (excludes halogenated alkanes) is 1. The Balaban J connectivity index is 1.72. The first-order chi connectivity index (χ1) is 15.6. The molecule has 0 amide bonds. The molecule has 1 fully saturated rings. The van der Waals surface area contributed by atoms with Crippen molar-refractivity contribution >= 4 is 17.7 Å². The van der Waals surface area contributed by atoms with Crippen LogP contribution in [0, 0.1) is 12.8 Å². The summed E-state index contributed by atoms with van der Waals surface area (Å²) in [5, 5.41) is 9.72. The fraction of sp³-hybridized carbons (Fsp3) is 0.536. The molecule has 174 valence electrons. The highest BCUT2D eigenvalue weighted by atomic mass is 32.2. The van der Waals surface area contributed by atoms with Gasteiger partial charge in [-0.1, -0.05) is 75.8 Å². The average molecular weight is 455 g/mol. The summed E-state index contributed by atoms with van der Waals surface area (Å²) in [5.74, 6) is 2.15. The molecule has 0 unspecified atom stereocenters. The van der Waals surface area contributed by atoms with Crippen LogP contribution in [-0.2, 0) is 11.3 Å². The van der Waals surface area contributed by atoms with Gasteiger partial charge in [0.15, 0.2) is 0 Å². The summed E-state index contributed by atoms with van der Waals surface area (Å²) >= 11 is 2.02. The van der Waals surface area contributed by atoms with E-state index in [1.54, 1.807) is 6.07 Å². The van der Waals surface area contributed by atoms with Gasteiger partial charge in [0.1, 0.15) is 0 Å². The highest BCUT2D eigenvalue weighted by molar-refractivity contribution is 7.99. The molecule has 0 heterocycles. The number of carboxylic acid groups (broad SMARTS) is 1. The zero-order valence-electron chi connectivity index (χ0n) is 19.6. The van der Waals surface area contributed by atoms with Crippen molar-refractivity contribution in [3.8, 4) is 11.1 Å². The number of benzene rings is 2. The predicted molar refractivity (Wildman–Crippen MR) is 136 cm³/mol. The van der Waals surface area contributed by atoms with Crippen LogP contribution in [0.25, 0.3) is 11.1 Å². The fourth-order valence-corrected chi connectivity index (χ4v) is 5.77. The van der Waals surface area contributed by atoms with E-state index in [2.05, 4.69) is 6.92 Å². The van der Waals surface area contributed by atoms with Gasteiger partial charge >= 0.3 is 5.97 Å². The van der Waals surface area contributed by atoms with E-state index in [1.807, 2.05) is 55.1 Å². The Morgan fingerprint density at radius 1 is 1.12 bits per heavy atom. The largest absolute Gasteiger partial charge is 0.478 e. The maximum Gasteiger partial charge on any atom is 0.336 e. The Morgan fingerprint density at radius 3 is 2.62 bits per heavy atom. The van der Waals surface area contributed by atoms with E-state index in [9.17, 15) is 9.90 Å². The van der Waals surface area contributed by atoms with Gasteiger partial charge in [0, 0.05) is 5.75 Å². The molecule has 0 bridgehead atoms. The number of rotatable bonds is 12. The summed E-state index contributed by atoms with van der Waals surface area (Å²) in [6.45, 7) is 4.80. The molecule has 32 heavy (non-hydrogen) atoms. The molecule has 1 saturated carbocycles. The van der Waals surface area contributed by atoms with Crippen LogP contribution in [-0.4, -0.2) is 28.7 Å². The number of ether oxygens (including phenoxy) is 1.